The van der Waals surface area contributed by atoms with Gasteiger partial charge in [0, 0.05) is 28.5 Å². The average Bonchev–Trinajstić information content (AvgIpc) is 2.94. The summed E-state index contributed by atoms with van der Waals surface area (Å²) in [5.74, 6) is -1.22. The summed E-state index contributed by atoms with van der Waals surface area (Å²) < 4.78 is 27.9. The molecule has 0 aliphatic heterocycles. The third-order valence-corrected chi connectivity index (χ3v) is 4.09. The Morgan fingerprint density at radius 3 is 2.46 bits per heavy atom. The Hall–Kier alpha value is -3.32. The minimum atomic E-state index is -0.629. The Balaban J connectivity index is 2.12. The number of pyridine rings is 1. The highest BCUT2D eigenvalue weighted by Gasteiger charge is 2.28. The van der Waals surface area contributed by atoms with Gasteiger partial charge in [-0.05, 0) is 29.8 Å². The van der Waals surface area contributed by atoms with E-state index in [0.717, 1.165) is 40.6 Å². The fraction of sp³-hybridized carbons (Fsp3) is 0. The third-order valence-electron chi connectivity index (χ3n) is 4.09. The highest BCUT2D eigenvalue weighted by molar-refractivity contribution is 6.12. The summed E-state index contributed by atoms with van der Waals surface area (Å²) in [6, 6.07) is 16.3. The number of hydrogen-bond donors (Lipinski definition) is 0. The van der Waals surface area contributed by atoms with Crippen molar-refractivity contribution in [2.75, 3.05) is 0 Å². The molecule has 1 aliphatic rings. The van der Waals surface area contributed by atoms with E-state index in [-0.39, 0.29) is 11.1 Å². The van der Waals surface area contributed by atoms with Crippen LogP contribution in [-0.4, -0.2) is 4.98 Å². The van der Waals surface area contributed by atoms with Crippen LogP contribution >= 0.6 is 0 Å². The second-order valence-electron chi connectivity index (χ2n) is 5.43. The number of nitrogens with zero attached hydrogens (tertiary/aromatic N) is 2. The molecule has 114 valence electrons. The van der Waals surface area contributed by atoms with Gasteiger partial charge in [-0.2, -0.15) is 5.26 Å². The number of hydrogen-bond acceptors (Lipinski definition) is 2. The molecule has 0 spiro atoms. The van der Waals surface area contributed by atoms with Crippen LogP contribution in [0.3, 0.4) is 0 Å². The largest absolute Gasteiger partial charge is 0.256 e. The molecule has 1 heterocycles. The van der Waals surface area contributed by atoms with Crippen molar-refractivity contribution in [1.82, 2.24) is 4.98 Å². The van der Waals surface area contributed by atoms with Gasteiger partial charge in [0.1, 0.15) is 17.7 Å². The summed E-state index contributed by atoms with van der Waals surface area (Å²) in [6.45, 7) is 0. The second-order valence-corrected chi connectivity index (χ2v) is 5.43. The Labute approximate surface area is 137 Å². The van der Waals surface area contributed by atoms with Crippen LogP contribution in [0, 0.1) is 23.0 Å². The highest BCUT2D eigenvalue weighted by Crippen LogP contribution is 2.46. The molecule has 2 aromatic carbocycles. The maximum absolute atomic E-state index is 14.2. The molecule has 24 heavy (non-hydrogen) atoms. The standard InChI is InChI=1S/C20H10F2N2/c21-12-7-8-18(22)16(10-12)17(11-23)19-13-4-1-2-5-14(13)20-15(19)6-3-9-24-20/h1-10H/b19-17-. The Morgan fingerprint density at radius 1 is 0.917 bits per heavy atom. The highest BCUT2D eigenvalue weighted by atomic mass is 19.1. The molecule has 0 radical (unpaired) electrons. The SMILES string of the molecule is N#C/C(=C1\c2ccccc2-c2ncccc21)c1cc(F)ccc1F. The van der Waals surface area contributed by atoms with Crippen LogP contribution < -0.4 is 0 Å². The van der Waals surface area contributed by atoms with Crippen molar-refractivity contribution in [3.05, 3.63) is 89.1 Å². The van der Waals surface area contributed by atoms with Gasteiger partial charge in [0.05, 0.1) is 11.3 Å². The van der Waals surface area contributed by atoms with Crippen LogP contribution in [-0.2, 0) is 0 Å². The zero-order chi connectivity index (χ0) is 16.7. The molecule has 0 amide bonds. The fourth-order valence-corrected chi connectivity index (χ4v) is 3.08. The van der Waals surface area contributed by atoms with Crippen molar-refractivity contribution in [2.45, 2.75) is 0 Å². The molecule has 4 heteroatoms. The quantitative estimate of drug-likeness (QED) is 0.472. The molecular weight excluding hydrogens is 306 g/mol. The van der Waals surface area contributed by atoms with E-state index in [9.17, 15) is 14.0 Å². The molecule has 0 fully saturated rings. The number of halogens is 2. The van der Waals surface area contributed by atoms with Crippen molar-refractivity contribution < 1.29 is 8.78 Å². The molecule has 3 aromatic rings. The molecule has 1 aromatic heterocycles. The maximum atomic E-state index is 14.2. The predicted molar refractivity (Wildman–Crippen MR) is 87.6 cm³/mol. The summed E-state index contributed by atoms with van der Waals surface area (Å²) in [5.41, 5.74) is 3.82. The summed E-state index contributed by atoms with van der Waals surface area (Å²) in [5, 5.41) is 9.69. The van der Waals surface area contributed by atoms with Gasteiger partial charge >= 0.3 is 0 Å². The molecule has 1 aliphatic carbocycles. The first-order chi connectivity index (χ1) is 11.7. The molecule has 0 saturated carbocycles. The molecule has 0 bridgehead atoms. The number of nitriles is 1. The first-order valence-corrected chi connectivity index (χ1v) is 7.35. The number of benzene rings is 2. The lowest BCUT2D eigenvalue weighted by Crippen LogP contribution is -1.95. The number of fused-ring (bicyclic) bond motifs is 3. The predicted octanol–water partition coefficient (Wildman–Crippen LogP) is 4.82. The first kappa shape index (κ1) is 14.3. The lowest BCUT2D eigenvalue weighted by atomic mass is 9.94. The summed E-state index contributed by atoms with van der Waals surface area (Å²) in [4.78, 5) is 4.39. The summed E-state index contributed by atoms with van der Waals surface area (Å²) in [7, 11) is 0. The minimum Gasteiger partial charge on any atom is -0.256 e. The van der Waals surface area contributed by atoms with E-state index in [0.29, 0.717) is 5.57 Å². The molecule has 0 saturated heterocycles. The van der Waals surface area contributed by atoms with Gasteiger partial charge in [0.2, 0.25) is 0 Å². The minimum absolute atomic E-state index is 0.0426. The van der Waals surface area contributed by atoms with Crippen LogP contribution in [0.25, 0.3) is 22.4 Å². The van der Waals surface area contributed by atoms with Crippen LogP contribution in [0.15, 0.2) is 60.8 Å². The van der Waals surface area contributed by atoms with E-state index in [4.69, 9.17) is 0 Å². The van der Waals surface area contributed by atoms with E-state index < -0.39 is 11.6 Å². The van der Waals surface area contributed by atoms with E-state index in [1.54, 1.807) is 12.3 Å². The first-order valence-electron chi connectivity index (χ1n) is 7.35. The zero-order valence-corrected chi connectivity index (χ0v) is 12.4. The summed E-state index contributed by atoms with van der Waals surface area (Å²) >= 11 is 0. The monoisotopic (exact) mass is 316 g/mol. The van der Waals surface area contributed by atoms with Crippen molar-refractivity contribution in [1.29, 1.82) is 5.26 Å². The number of rotatable bonds is 1. The van der Waals surface area contributed by atoms with Gasteiger partial charge < -0.3 is 0 Å². The lowest BCUT2D eigenvalue weighted by molar-refractivity contribution is 0.597. The maximum Gasteiger partial charge on any atom is 0.131 e. The van der Waals surface area contributed by atoms with Gasteiger partial charge in [-0.25, -0.2) is 8.78 Å². The van der Waals surface area contributed by atoms with E-state index in [2.05, 4.69) is 11.1 Å². The molecule has 0 unspecified atom stereocenters. The van der Waals surface area contributed by atoms with Crippen LogP contribution in [0.1, 0.15) is 16.7 Å². The smallest absolute Gasteiger partial charge is 0.131 e. The van der Waals surface area contributed by atoms with Crippen molar-refractivity contribution in [3.63, 3.8) is 0 Å². The van der Waals surface area contributed by atoms with Gasteiger partial charge in [0.25, 0.3) is 0 Å². The van der Waals surface area contributed by atoms with Gasteiger partial charge in [-0.1, -0.05) is 30.3 Å². The average molecular weight is 316 g/mol. The Morgan fingerprint density at radius 2 is 1.67 bits per heavy atom. The van der Waals surface area contributed by atoms with Crippen LogP contribution in [0.2, 0.25) is 0 Å². The van der Waals surface area contributed by atoms with E-state index in [1.165, 1.54) is 0 Å². The van der Waals surface area contributed by atoms with Gasteiger partial charge in [-0.3, -0.25) is 4.98 Å². The van der Waals surface area contributed by atoms with E-state index >= 15 is 0 Å². The molecule has 0 atom stereocenters. The van der Waals surface area contributed by atoms with Crippen molar-refractivity contribution >= 4 is 11.1 Å². The Bertz CT molecular complexity index is 998. The zero-order valence-electron chi connectivity index (χ0n) is 12.4. The van der Waals surface area contributed by atoms with Crippen LogP contribution in [0.4, 0.5) is 8.78 Å². The molecular formula is C20H10F2N2. The number of aromatic nitrogens is 1. The molecule has 0 N–H and O–H groups in total. The molecule has 4 rings (SSSR count). The fourth-order valence-electron chi connectivity index (χ4n) is 3.08. The second kappa shape index (κ2) is 5.39. The summed E-state index contributed by atoms with van der Waals surface area (Å²) in [6.07, 6.45) is 1.67. The normalized spacial score (nSPS) is 13.9. The topological polar surface area (TPSA) is 36.7 Å². The Kier molecular flexibility index (Phi) is 3.21. The lowest BCUT2D eigenvalue weighted by Gasteiger charge is -2.08. The van der Waals surface area contributed by atoms with Crippen molar-refractivity contribution in [2.24, 2.45) is 0 Å². The molecule has 2 nitrogen and oxygen atoms in total. The van der Waals surface area contributed by atoms with Crippen LogP contribution in [0.5, 0.6) is 0 Å². The van der Waals surface area contributed by atoms with Crippen molar-refractivity contribution in [3.8, 4) is 17.3 Å². The number of allylic oxidation sites excluding steroid dienone is 1. The van der Waals surface area contributed by atoms with E-state index in [1.807, 2.05) is 30.3 Å². The third kappa shape index (κ3) is 2.03. The van der Waals surface area contributed by atoms with Gasteiger partial charge in [0.15, 0.2) is 0 Å². The van der Waals surface area contributed by atoms with Gasteiger partial charge in [-0.15, -0.1) is 0 Å².